The average Bonchev–Trinajstić information content (AvgIpc) is 2.35. The molecule has 0 saturated heterocycles. The molecule has 2 heteroatoms. The molecule has 0 bridgehead atoms. The number of fused-ring (bicyclic) bond motifs is 1. The van der Waals surface area contributed by atoms with Gasteiger partial charge in [-0.2, -0.15) is 0 Å². The van der Waals surface area contributed by atoms with Crippen LogP contribution in [0.5, 0.6) is 0 Å². The second-order valence-electron chi connectivity index (χ2n) is 3.91. The highest BCUT2D eigenvalue weighted by Gasteiger charge is 2.24. The summed E-state index contributed by atoms with van der Waals surface area (Å²) in [5.74, 6) is 5.77. The molecule has 2 nitrogen and oxygen atoms in total. The summed E-state index contributed by atoms with van der Waals surface area (Å²) in [7, 11) is 0. The zero-order chi connectivity index (χ0) is 11.4. The van der Waals surface area contributed by atoms with Crippen LogP contribution in [0, 0.1) is 11.8 Å². The van der Waals surface area contributed by atoms with Crippen LogP contribution in [0.25, 0.3) is 0 Å². The summed E-state index contributed by atoms with van der Waals surface area (Å²) >= 11 is 0. The van der Waals surface area contributed by atoms with Gasteiger partial charge in [0.2, 0.25) is 0 Å². The van der Waals surface area contributed by atoms with Crippen molar-refractivity contribution in [1.82, 2.24) is 5.32 Å². The number of nitrogens with one attached hydrogen (secondary N) is 1. The lowest BCUT2D eigenvalue weighted by Gasteiger charge is -2.25. The summed E-state index contributed by atoms with van der Waals surface area (Å²) in [5.41, 5.74) is 2.40. The first kappa shape index (κ1) is 10.9. The molecule has 1 N–H and O–H groups in total. The lowest BCUT2D eigenvalue weighted by Crippen LogP contribution is -2.34. The number of carbonyl (C=O) groups excluding carboxylic acids is 1. The predicted octanol–water partition coefficient (Wildman–Crippen LogP) is 1.86. The summed E-state index contributed by atoms with van der Waals surface area (Å²) in [6.07, 6.45) is 1.34. The maximum absolute atomic E-state index is 12.0. The maximum atomic E-state index is 12.0. The van der Waals surface area contributed by atoms with Crippen molar-refractivity contribution >= 4 is 5.78 Å². The van der Waals surface area contributed by atoms with Crippen LogP contribution in [0.2, 0.25) is 0 Å². The van der Waals surface area contributed by atoms with E-state index in [0.717, 1.165) is 18.5 Å². The molecule has 1 atom stereocenters. The monoisotopic (exact) mass is 213 g/mol. The molecule has 0 fully saturated rings. The fourth-order valence-electron chi connectivity index (χ4n) is 2.07. The molecule has 16 heavy (non-hydrogen) atoms. The lowest BCUT2D eigenvalue weighted by molar-refractivity contribution is -0.120. The maximum Gasteiger partial charge on any atom is 0.166 e. The summed E-state index contributed by atoms with van der Waals surface area (Å²) < 4.78 is 0. The van der Waals surface area contributed by atoms with Crippen LogP contribution >= 0.6 is 0 Å². The van der Waals surface area contributed by atoms with E-state index in [2.05, 4.69) is 23.2 Å². The molecule has 1 aliphatic heterocycles. The van der Waals surface area contributed by atoms with Gasteiger partial charge in [0.1, 0.15) is 0 Å². The van der Waals surface area contributed by atoms with E-state index in [1.165, 1.54) is 5.56 Å². The first-order chi connectivity index (χ1) is 7.83. The number of Topliss-reactive ketones (excluding diaryl/α,β-unsaturated/α-hetero) is 1. The van der Waals surface area contributed by atoms with Gasteiger partial charge >= 0.3 is 0 Å². The minimum atomic E-state index is -0.161. The first-order valence-corrected chi connectivity index (χ1v) is 5.56. The number of ketones is 1. The van der Waals surface area contributed by atoms with Gasteiger partial charge in [-0.05, 0) is 24.5 Å². The Kier molecular flexibility index (Phi) is 3.38. The van der Waals surface area contributed by atoms with Crippen molar-refractivity contribution in [1.29, 1.82) is 0 Å². The normalized spacial score (nSPS) is 18.2. The van der Waals surface area contributed by atoms with Gasteiger partial charge in [0.25, 0.3) is 0 Å². The van der Waals surface area contributed by atoms with E-state index in [0.29, 0.717) is 6.42 Å². The van der Waals surface area contributed by atoms with Gasteiger partial charge in [-0.1, -0.05) is 30.2 Å². The topological polar surface area (TPSA) is 29.1 Å². The molecule has 1 aliphatic rings. The van der Waals surface area contributed by atoms with E-state index in [-0.39, 0.29) is 11.8 Å². The second kappa shape index (κ2) is 4.96. The number of hydrogen-bond donors (Lipinski definition) is 1. The van der Waals surface area contributed by atoms with Crippen molar-refractivity contribution in [2.24, 2.45) is 0 Å². The summed E-state index contributed by atoms with van der Waals surface area (Å²) in [6.45, 7) is 2.63. The highest BCUT2D eigenvalue weighted by molar-refractivity contribution is 5.87. The van der Waals surface area contributed by atoms with Crippen molar-refractivity contribution in [2.45, 2.75) is 25.8 Å². The highest BCUT2D eigenvalue weighted by Crippen LogP contribution is 2.23. The average molecular weight is 213 g/mol. The molecular weight excluding hydrogens is 198 g/mol. The Balaban J connectivity index is 2.23. The zero-order valence-corrected chi connectivity index (χ0v) is 9.42. The molecule has 82 valence electrons. The minimum Gasteiger partial charge on any atom is -0.303 e. The van der Waals surface area contributed by atoms with Crippen LogP contribution in [-0.2, 0) is 11.2 Å². The molecule has 1 heterocycles. The van der Waals surface area contributed by atoms with E-state index >= 15 is 0 Å². The van der Waals surface area contributed by atoms with Crippen molar-refractivity contribution in [3.05, 3.63) is 35.4 Å². The molecule has 1 unspecified atom stereocenters. The van der Waals surface area contributed by atoms with Crippen LogP contribution < -0.4 is 5.32 Å². The van der Waals surface area contributed by atoms with E-state index in [1.807, 2.05) is 18.2 Å². The summed E-state index contributed by atoms with van der Waals surface area (Å²) in [4.78, 5) is 12.0. The van der Waals surface area contributed by atoms with Crippen LogP contribution in [0.4, 0.5) is 0 Å². The van der Waals surface area contributed by atoms with E-state index < -0.39 is 0 Å². The standard InChI is InChI=1S/C14H15NO/c1-2-3-8-13(16)14-12-7-5-4-6-11(12)9-10-15-14/h4-7,14-15H,8-10H2,1H3. The van der Waals surface area contributed by atoms with Crippen LogP contribution in [0.15, 0.2) is 24.3 Å². The third-order valence-electron chi connectivity index (χ3n) is 2.87. The quantitative estimate of drug-likeness (QED) is 0.760. The molecule has 0 saturated carbocycles. The second-order valence-corrected chi connectivity index (χ2v) is 3.91. The first-order valence-electron chi connectivity index (χ1n) is 5.56. The van der Waals surface area contributed by atoms with Gasteiger partial charge in [-0.15, -0.1) is 5.92 Å². The van der Waals surface area contributed by atoms with Crippen LogP contribution in [0.1, 0.15) is 30.5 Å². The van der Waals surface area contributed by atoms with E-state index in [9.17, 15) is 4.79 Å². The Morgan fingerprint density at radius 1 is 1.50 bits per heavy atom. The number of rotatable bonds is 2. The Bertz CT molecular complexity index is 453. The van der Waals surface area contributed by atoms with Gasteiger partial charge in [0.15, 0.2) is 5.78 Å². The van der Waals surface area contributed by atoms with Crippen molar-refractivity contribution in [2.75, 3.05) is 6.54 Å². The lowest BCUT2D eigenvalue weighted by atomic mass is 9.91. The molecule has 1 aromatic rings. The SMILES string of the molecule is CC#CCC(=O)C1NCCc2ccccc21. The molecule has 0 spiro atoms. The number of hydrogen-bond acceptors (Lipinski definition) is 2. The third-order valence-corrected chi connectivity index (χ3v) is 2.87. The van der Waals surface area contributed by atoms with E-state index in [4.69, 9.17) is 0 Å². The van der Waals surface area contributed by atoms with Gasteiger partial charge in [-0.3, -0.25) is 4.79 Å². The molecule has 0 amide bonds. The van der Waals surface area contributed by atoms with Crippen LogP contribution in [-0.4, -0.2) is 12.3 Å². The van der Waals surface area contributed by atoms with Crippen LogP contribution in [0.3, 0.4) is 0 Å². The molecule has 0 aromatic heterocycles. The molecule has 0 aliphatic carbocycles. The van der Waals surface area contributed by atoms with E-state index in [1.54, 1.807) is 6.92 Å². The molecule has 0 radical (unpaired) electrons. The fourth-order valence-corrected chi connectivity index (χ4v) is 2.07. The fraction of sp³-hybridized carbons (Fsp3) is 0.357. The number of carbonyl (C=O) groups is 1. The predicted molar refractivity (Wildman–Crippen MR) is 64.0 cm³/mol. The largest absolute Gasteiger partial charge is 0.303 e. The Hall–Kier alpha value is -1.59. The Morgan fingerprint density at radius 3 is 3.12 bits per heavy atom. The minimum absolute atomic E-state index is 0.161. The highest BCUT2D eigenvalue weighted by atomic mass is 16.1. The van der Waals surface area contributed by atoms with Gasteiger partial charge in [0.05, 0.1) is 12.5 Å². The summed E-state index contributed by atoms with van der Waals surface area (Å²) in [6, 6.07) is 7.98. The molecule has 2 rings (SSSR count). The van der Waals surface area contributed by atoms with Crippen molar-refractivity contribution in [3.8, 4) is 11.8 Å². The summed E-state index contributed by atoms with van der Waals surface area (Å²) in [5, 5.41) is 3.27. The van der Waals surface area contributed by atoms with Gasteiger partial charge in [-0.25, -0.2) is 0 Å². The molecular formula is C14H15NO. The smallest absolute Gasteiger partial charge is 0.166 e. The Morgan fingerprint density at radius 2 is 2.31 bits per heavy atom. The zero-order valence-electron chi connectivity index (χ0n) is 9.42. The molecule has 1 aromatic carbocycles. The third kappa shape index (κ3) is 2.15. The van der Waals surface area contributed by atoms with Crippen molar-refractivity contribution in [3.63, 3.8) is 0 Å². The van der Waals surface area contributed by atoms with Crippen molar-refractivity contribution < 1.29 is 4.79 Å². The number of benzene rings is 1. The van der Waals surface area contributed by atoms with Gasteiger partial charge < -0.3 is 5.32 Å². The van der Waals surface area contributed by atoms with Gasteiger partial charge in [0, 0.05) is 6.54 Å². The Labute approximate surface area is 96.1 Å².